The van der Waals surface area contributed by atoms with Crippen LogP contribution in [-0.2, 0) is 11.0 Å². The highest BCUT2D eigenvalue weighted by Crippen LogP contribution is 2.37. The van der Waals surface area contributed by atoms with Gasteiger partial charge in [0, 0.05) is 55.7 Å². The van der Waals surface area contributed by atoms with Crippen molar-refractivity contribution < 1.29 is 22.8 Å². The normalized spacial score (nSPS) is 20.2. The number of aromatic nitrogens is 2. The van der Waals surface area contributed by atoms with Gasteiger partial charge in [-0.05, 0) is 70.3 Å². The van der Waals surface area contributed by atoms with E-state index in [4.69, 9.17) is 0 Å². The molecule has 0 unspecified atom stereocenters. The van der Waals surface area contributed by atoms with E-state index in [-0.39, 0.29) is 35.7 Å². The van der Waals surface area contributed by atoms with Crippen LogP contribution in [0.3, 0.4) is 0 Å². The standard InChI is InChI=1S/C29H40F3N7O2/c1-5-39-15-13-21(14-16-39)38(4)27(41)19-9-11-20(12-10-19)35-28-33-17-23(29(30,31)32)25(37-28)36-24-8-6-7-22(24)26(40)34-18(2)3/h9-12,17-18,21-22,24H,5-8,13-16H2,1-4H3,(H,34,40)(H2,33,35,36,37)/t22-,24+/m0/s1. The molecule has 0 bridgehead atoms. The maximum absolute atomic E-state index is 13.8. The number of benzene rings is 1. The van der Waals surface area contributed by atoms with E-state index in [9.17, 15) is 22.8 Å². The highest BCUT2D eigenvalue weighted by atomic mass is 19.4. The van der Waals surface area contributed by atoms with E-state index in [1.54, 1.807) is 29.2 Å². The molecule has 0 radical (unpaired) electrons. The van der Waals surface area contributed by atoms with Crippen molar-refractivity contribution in [1.82, 2.24) is 25.1 Å². The number of likely N-dealkylation sites (tertiary alicyclic amines) is 1. The molecule has 1 aromatic heterocycles. The van der Waals surface area contributed by atoms with Crippen molar-refractivity contribution in [1.29, 1.82) is 0 Å². The van der Waals surface area contributed by atoms with Crippen LogP contribution in [0.5, 0.6) is 0 Å². The van der Waals surface area contributed by atoms with Crippen LogP contribution >= 0.6 is 0 Å². The fourth-order valence-corrected chi connectivity index (χ4v) is 5.59. The number of carbonyl (C=O) groups excluding carboxylic acids is 2. The molecule has 2 atom stereocenters. The van der Waals surface area contributed by atoms with E-state index in [1.807, 2.05) is 20.9 Å². The van der Waals surface area contributed by atoms with Gasteiger partial charge in [0.1, 0.15) is 11.4 Å². The summed E-state index contributed by atoms with van der Waals surface area (Å²) in [6, 6.07) is 6.37. The van der Waals surface area contributed by atoms with E-state index < -0.39 is 23.7 Å². The van der Waals surface area contributed by atoms with Gasteiger partial charge in [0.2, 0.25) is 11.9 Å². The molecule has 2 amide bonds. The lowest BCUT2D eigenvalue weighted by atomic mass is 10.0. The lowest BCUT2D eigenvalue weighted by Gasteiger charge is -2.36. The van der Waals surface area contributed by atoms with Crippen LogP contribution in [0.2, 0.25) is 0 Å². The number of halogens is 3. The quantitative estimate of drug-likeness (QED) is 0.391. The van der Waals surface area contributed by atoms with Gasteiger partial charge in [0.05, 0.1) is 5.92 Å². The van der Waals surface area contributed by atoms with Gasteiger partial charge >= 0.3 is 6.18 Å². The Bertz CT molecular complexity index is 1200. The maximum atomic E-state index is 13.8. The van der Waals surface area contributed by atoms with E-state index >= 15 is 0 Å². The number of piperidine rings is 1. The highest BCUT2D eigenvalue weighted by Gasteiger charge is 2.39. The van der Waals surface area contributed by atoms with Crippen LogP contribution in [0.25, 0.3) is 0 Å². The molecule has 2 aliphatic rings. The Morgan fingerprint density at radius 1 is 1.10 bits per heavy atom. The monoisotopic (exact) mass is 575 g/mol. The molecule has 2 fully saturated rings. The van der Waals surface area contributed by atoms with Crippen molar-refractivity contribution in [2.75, 3.05) is 37.3 Å². The molecule has 0 spiro atoms. The minimum atomic E-state index is -4.67. The molecule has 224 valence electrons. The van der Waals surface area contributed by atoms with Crippen LogP contribution in [-0.4, -0.2) is 76.4 Å². The number of carbonyl (C=O) groups is 2. The summed E-state index contributed by atoms with van der Waals surface area (Å²) in [5.41, 5.74) is 0.0616. The Kier molecular flexibility index (Phi) is 9.72. The number of anilines is 3. The first-order chi connectivity index (χ1) is 19.5. The molecular formula is C29H40F3N7O2. The Morgan fingerprint density at radius 2 is 1.78 bits per heavy atom. The molecule has 41 heavy (non-hydrogen) atoms. The number of nitrogens with one attached hydrogen (secondary N) is 3. The number of hydrogen-bond acceptors (Lipinski definition) is 7. The third-order valence-corrected chi connectivity index (χ3v) is 7.96. The first-order valence-corrected chi connectivity index (χ1v) is 14.3. The van der Waals surface area contributed by atoms with Gasteiger partial charge in [-0.1, -0.05) is 13.3 Å². The minimum absolute atomic E-state index is 0.0273. The second-order valence-electron chi connectivity index (χ2n) is 11.2. The molecule has 1 aliphatic carbocycles. The van der Waals surface area contributed by atoms with Crippen LogP contribution in [0.15, 0.2) is 30.5 Å². The molecule has 1 aromatic carbocycles. The summed E-state index contributed by atoms with van der Waals surface area (Å²) in [6.07, 6.45) is -0.191. The summed E-state index contributed by atoms with van der Waals surface area (Å²) in [4.78, 5) is 37.9. The van der Waals surface area contributed by atoms with Gasteiger partial charge in [0.15, 0.2) is 0 Å². The zero-order chi connectivity index (χ0) is 29.7. The third-order valence-electron chi connectivity index (χ3n) is 7.96. The SMILES string of the molecule is CCN1CCC(N(C)C(=O)c2ccc(Nc3ncc(C(F)(F)F)c(N[C@@H]4CCC[C@@H]4C(=O)NC(C)C)n3)cc2)CC1. The average Bonchev–Trinajstić information content (AvgIpc) is 3.40. The summed E-state index contributed by atoms with van der Waals surface area (Å²) < 4.78 is 41.4. The predicted octanol–water partition coefficient (Wildman–Crippen LogP) is 4.90. The number of hydrogen-bond donors (Lipinski definition) is 3. The fraction of sp³-hybridized carbons (Fsp3) is 0.586. The molecule has 3 N–H and O–H groups in total. The molecule has 1 saturated heterocycles. The van der Waals surface area contributed by atoms with E-state index in [1.165, 1.54) is 0 Å². The van der Waals surface area contributed by atoms with E-state index in [2.05, 4.69) is 37.7 Å². The van der Waals surface area contributed by atoms with Gasteiger partial charge in [-0.3, -0.25) is 9.59 Å². The van der Waals surface area contributed by atoms with Crippen molar-refractivity contribution >= 4 is 29.3 Å². The van der Waals surface area contributed by atoms with Gasteiger partial charge in [-0.15, -0.1) is 0 Å². The van der Waals surface area contributed by atoms with Gasteiger partial charge < -0.3 is 25.8 Å². The topological polar surface area (TPSA) is 102 Å². The smallest absolute Gasteiger partial charge is 0.366 e. The Morgan fingerprint density at radius 3 is 2.39 bits per heavy atom. The number of rotatable bonds is 9. The minimum Gasteiger partial charge on any atom is -0.366 e. The zero-order valence-corrected chi connectivity index (χ0v) is 24.1. The van der Waals surface area contributed by atoms with Gasteiger partial charge in [-0.2, -0.15) is 18.2 Å². The van der Waals surface area contributed by atoms with Crippen molar-refractivity contribution in [2.45, 2.75) is 77.2 Å². The largest absolute Gasteiger partial charge is 0.421 e. The molecule has 2 aromatic rings. The second kappa shape index (κ2) is 13.1. The number of alkyl halides is 3. The van der Waals surface area contributed by atoms with Crippen LogP contribution in [0.4, 0.5) is 30.6 Å². The Labute approximate surface area is 239 Å². The molecule has 1 aliphatic heterocycles. The summed E-state index contributed by atoms with van der Waals surface area (Å²) >= 11 is 0. The highest BCUT2D eigenvalue weighted by molar-refractivity contribution is 5.94. The molecule has 12 heteroatoms. The van der Waals surface area contributed by atoms with Crippen LogP contribution in [0, 0.1) is 5.92 Å². The maximum Gasteiger partial charge on any atom is 0.421 e. The summed E-state index contributed by atoms with van der Waals surface area (Å²) in [5, 5.41) is 8.69. The summed E-state index contributed by atoms with van der Waals surface area (Å²) in [6.45, 7) is 8.77. The number of nitrogens with zero attached hydrogens (tertiary/aromatic N) is 4. The Hall–Kier alpha value is -3.41. The summed E-state index contributed by atoms with van der Waals surface area (Å²) in [7, 11) is 1.83. The molecular weight excluding hydrogens is 535 g/mol. The third kappa shape index (κ3) is 7.66. The molecule has 4 rings (SSSR count). The molecule has 1 saturated carbocycles. The average molecular weight is 576 g/mol. The van der Waals surface area contributed by atoms with Crippen molar-refractivity contribution in [3.8, 4) is 0 Å². The second-order valence-corrected chi connectivity index (χ2v) is 11.2. The first-order valence-electron chi connectivity index (χ1n) is 14.3. The molecule has 2 heterocycles. The zero-order valence-electron chi connectivity index (χ0n) is 24.1. The van der Waals surface area contributed by atoms with Gasteiger partial charge in [0.25, 0.3) is 5.91 Å². The fourth-order valence-electron chi connectivity index (χ4n) is 5.59. The molecule has 9 nitrogen and oxygen atoms in total. The lowest BCUT2D eigenvalue weighted by molar-refractivity contribution is -0.137. The Balaban J connectivity index is 1.46. The van der Waals surface area contributed by atoms with E-state index in [0.29, 0.717) is 24.1 Å². The van der Waals surface area contributed by atoms with Crippen LogP contribution < -0.4 is 16.0 Å². The van der Waals surface area contributed by atoms with Crippen molar-refractivity contribution in [2.24, 2.45) is 5.92 Å². The van der Waals surface area contributed by atoms with Crippen molar-refractivity contribution in [3.05, 3.63) is 41.6 Å². The number of amides is 2. The van der Waals surface area contributed by atoms with Crippen molar-refractivity contribution in [3.63, 3.8) is 0 Å². The van der Waals surface area contributed by atoms with E-state index in [0.717, 1.165) is 45.1 Å². The first kappa shape index (κ1) is 30.5. The van der Waals surface area contributed by atoms with Crippen LogP contribution in [0.1, 0.15) is 68.8 Å². The van der Waals surface area contributed by atoms with Gasteiger partial charge in [-0.25, -0.2) is 4.98 Å². The summed E-state index contributed by atoms with van der Waals surface area (Å²) in [5.74, 6) is -1.10. The predicted molar refractivity (Wildman–Crippen MR) is 152 cm³/mol. The lowest BCUT2D eigenvalue weighted by Crippen LogP contribution is -2.45.